The van der Waals surface area contributed by atoms with E-state index in [9.17, 15) is 9.59 Å². The van der Waals surface area contributed by atoms with E-state index < -0.39 is 0 Å². The summed E-state index contributed by atoms with van der Waals surface area (Å²) in [5, 5.41) is 11.4. The van der Waals surface area contributed by atoms with Crippen LogP contribution in [0, 0.1) is 11.3 Å². The number of hydrogen-bond acceptors (Lipinski definition) is 5. The van der Waals surface area contributed by atoms with Crippen molar-refractivity contribution in [1.82, 2.24) is 5.32 Å². The second-order valence-electron chi connectivity index (χ2n) is 4.19. The van der Waals surface area contributed by atoms with E-state index in [1.165, 1.54) is 0 Å². The number of amides is 1. The van der Waals surface area contributed by atoms with Gasteiger partial charge in [0.15, 0.2) is 6.61 Å². The van der Waals surface area contributed by atoms with Gasteiger partial charge in [0.25, 0.3) is 5.91 Å². The van der Waals surface area contributed by atoms with Crippen LogP contribution in [-0.2, 0) is 14.3 Å². The van der Waals surface area contributed by atoms with Crippen LogP contribution in [0.4, 0.5) is 0 Å². The molecule has 1 N–H and O–H groups in total. The molecule has 21 heavy (non-hydrogen) atoms. The molecular weight excluding hydrogens is 272 g/mol. The fourth-order valence-corrected chi connectivity index (χ4v) is 1.55. The number of carbonyl (C=O) groups excluding carboxylic acids is 2. The van der Waals surface area contributed by atoms with E-state index in [-0.39, 0.29) is 24.9 Å². The van der Waals surface area contributed by atoms with Gasteiger partial charge in [-0.15, -0.1) is 0 Å². The van der Waals surface area contributed by atoms with Crippen molar-refractivity contribution in [2.45, 2.75) is 19.8 Å². The number of nitriles is 1. The third kappa shape index (κ3) is 6.97. The lowest BCUT2D eigenvalue weighted by molar-refractivity contribution is -0.143. The van der Waals surface area contributed by atoms with E-state index >= 15 is 0 Å². The van der Waals surface area contributed by atoms with Crippen molar-refractivity contribution in [1.29, 1.82) is 5.26 Å². The van der Waals surface area contributed by atoms with Crippen molar-refractivity contribution >= 4 is 11.9 Å². The zero-order valence-electron chi connectivity index (χ0n) is 11.9. The topological polar surface area (TPSA) is 88.4 Å². The molecule has 0 unspecified atom stereocenters. The number of nitrogens with one attached hydrogen (secondary N) is 1. The molecule has 1 rings (SSSR count). The van der Waals surface area contributed by atoms with Gasteiger partial charge in [0.05, 0.1) is 18.2 Å². The molecule has 0 aliphatic carbocycles. The Morgan fingerprint density at radius 1 is 1.38 bits per heavy atom. The van der Waals surface area contributed by atoms with E-state index in [2.05, 4.69) is 5.32 Å². The molecule has 0 saturated heterocycles. The fourth-order valence-electron chi connectivity index (χ4n) is 1.55. The molecule has 0 atom stereocenters. The van der Waals surface area contributed by atoms with E-state index in [0.717, 1.165) is 0 Å². The third-order valence-electron chi connectivity index (χ3n) is 2.52. The first-order chi connectivity index (χ1) is 10.2. The summed E-state index contributed by atoms with van der Waals surface area (Å²) in [5.41, 5.74) is 0.474. The highest BCUT2D eigenvalue weighted by molar-refractivity contribution is 5.77. The van der Waals surface area contributed by atoms with Crippen molar-refractivity contribution in [3.8, 4) is 11.8 Å². The molecule has 6 heteroatoms. The molecule has 0 heterocycles. The average molecular weight is 290 g/mol. The molecule has 0 aliphatic rings. The van der Waals surface area contributed by atoms with Gasteiger partial charge in [0.1, 0.15) is 5.75 Å². The minimum atomic E-state index is -0.277. The Balaban J connectivity index is 2.19. The van der Waals surface area contributed by atoms with Gasteiger partial charge in [0.2, 0.25) is 0 Å². The van der Waals surface area contributed by atoms with Gasteiger partial charge >= 0.3 is 5.97 Å². The van der Waals surface area contributed by atoms with Crippen LogP contribution in [0.1, 0.15) is 25.3 Å². The number of rotatable bonds is 8. The first kappa shape index (κ1) is 16.5. The predicted molar refractivity (Wildman–Crippen MR) is 75.5 cm³/mol. The lowest BCUT2D eigenvalue weighted by Crippen LogP contribution is -2.30. The van der Waals surface area contributed by atoms with Crippen LogP contribution >= 0.6 is 0 Å². The summed E-state index contributed by atoms with van der Waals surface area (Å²) < 4.78 is 10.0. The molecular formula is C15H18N2O4. The first-order valence-corrected chi connectivity index (χ1v) is 6.71. The maximum absolute atomic E-state index is 11.5. The predicted octanol–water partition coefficient (Wildman–Crippen LogP) is 1.40. The second kappa shape index (κ2) is 9.37. The Labute approximate surface area is 123 Å². The van der Waals surface area contributed by atoms with Crippen LogP contribution in [-0.4, -0.2) is 31.6 Å². The second-order valence-corrected chi connectivity index (χ2v) is 4.19. The average Bonchev–Trinajstić information content (AvgIpc) is 2.50. The highest BCUT2D eigenvalue weighted by Crippen LogP contribution is 2.12. The lowest BCUT2D eigenvalue weighted by Gasteiger charge is -2.07. The molecule has 0 bridgehead atoms. The summed E-state index contributed by atoms with van der Waals surface area (Å²) in [5.74, 6) is -0.0757. The Morgan fingerprint density at radius 2 is 2.19 bits per heavy atom. The number of benzene rings is 1. The van der Waals surface area contributed by atoms with E-state index in [4.69, 9.17) is 14.7 Å². The molecule has 1 aromatic rings. The third-order valence-corrected chi connectivity index (χ3v) is 2.52. The van der Waals surface area contributed by atoms with Gasteiger partial charge in [-0.25, -0.2) is 0 Å². The Bertz CT molecular complexity index is 523. The van der Waals surface area contributed by atoms with Crippen LogP contribution < -0.4 is 10.1 Å². The molecule has 0 fully saturated rings. The summed E-state index contributed by atoms with van der Waals surface area (Å²) >= 11 is 0. The van der Waals surface area contributed by atoms with Crippen molar-refractivity contribution in [3.05, 3.63) is 29.8 Å². The number of ether oxygens (including phenoxy) is 2. The minimum Gasteiger partial charge on any atom is -0.484 e. The molecule has 1 aromatic carbocycles. The van der Waals surface area contributed by atoms with E-state index in [1.807, 2.05) is 6.07 Å². The highest BCUT2D eigenvalue weighted by atomic mass is 16.5. The number of carbonyl (C=O) groups is 2. The van der Waals surface area contributed by atoms with Gasteiger partial charge in [-0.1, -0.05) is 6.07 Å². The molecule has 1 amide bonds. The molecule has 112 valence electrons. The lowest BCUT2D eigenvalue weighted by atomic mass is 10.2. The van der Waals surface area contributed by atoms with Crippen molar-refractivity contribution in [2.24, 2.45) is 0 Å². The maximum atomic E-state index is 11.5. The van der Waals surface area contributed by atoms with Crippen molar-refractivity contribution in [3.63, 3.8) is 0 Å². The van der Waals surface area contributed by atoms with Crippen LogP contribution in [0.3, 0.4) is 0 Å². The summed E-state index contributed by atoms with van der Waals surface area (Å²) in [6.45, 7) is 2.37. The van der Waals surface area contributed by atoms with Crippen molar-refractivity contribution < 1.29 is 19.1 Å². The number of esters is 1. The molecule has 0 aliphatic heterocycles. The minimum absolute atomic E-state index is 0.131. The Hall–Kier alpha value is -2.55. The SMILES string of the molecule is CCOC(=O)CCCNC(=O)COc1cccc(C#N)c1. The Kier molecular flexibility index (Phi) is 7.36. The first-order valence-electron chi connectivity index (χ1n) is 6.71. The van der Waals surface area contributed by atoms with Gasteiger partial charge in [-0.2, -0.15) is 5.26 Å². The van der Waals surface area contributed by atoms with Crippen LogP contribution in [0.2, 0.25) is 0 Å². The number of nitrogens with zero attached hydrogens (tertiary/aromatic N) is 1. The smallest absolute Gasteiger partial charge is 0.305 e. The van der Waals surface area contributed by atoms with Crippen LogP contribution in [0.25, 0.3) is 0 Å². The Morgan fingerprint density at radius 3 is 2.90 bits per heavy atom. The standard InChI is InChI=1S/C15H18N2O4/c1-2-20-15(19)7-4-8-17-14(18)11-21-13-6-3-5-12(9-13)10-16/h3,5-6,9H,2,4,7-8,11H2,1H3,(H,17,18). The summed E-state index contributed by atoms with van der Waals surface area (Å²) in [4.78, 5) is 22.6. The van der Waals surface area contributed by atoms with Gasteiger partial charge in [-0.05, 0) is 31.5 Å². The molecule has 0 saturated carbocycles. The summed E-state index contributed by atoms with van der Waals surface area (Å²) in [6.07, 6.45) is 0.799. The van der Waals surface area contributed by atoms with Crippen LogP contribution in [0.5, 0.6) is 5.75 Å². The summed E-state index contributed by atoms with van der Waals surface area (Å²) in [6, 6.07) is 8.57. The van der Waals surface area contributed by atoms with Crippen LogP contribution in [0.15, 0.2) is 24.3 Å². The zero-order chi connectivity index (χ0) is 15.5. The molecule has 0 aromatic heterocycles. The highest BCUT2D eigenvalue weighted by Gasteiger charge is 2.05. The molecule has 0 radical (unpaired) electrons. The van der Waals surface area contributed by atoms with Gasteiger partial charge in [0, 0.05) is 13.0 Å². The van der Waals surface area contributed by atoms with E-state index in [1.54, 1.807) is 31.2 Å². The largest absolute Gasteiger partial charge is 0.484 e. The van der Waals surface area contributed by atoms with Crippen molar-refractivity contribution in [2.75, 3.05) is 19.8 Å². The van der Waals surface area contributed by atoms with Gasteiger partial charge < -0.3 is 14.8 Å². The van der Waals surface area contributed by atoms with E-state index in [0.29, 0.717) is 30.9 Å². The maximum Gasteiger partial charge on any atom is 0.305 e. The summed E-state index contributed by atoms with van der Waals surface area (Å²) in [7, 11) is 0. The quantitative estimate of drug-likeness (QED) is 0.577. The normalized spacial score (nSPS) is 9.52. The number of hydrogen-bond donors (Lipinski definition) is 1. The van der Waals surface area contributed by atoms with Gasteiger partial charge in [-0.3, -0.25) is 9.59 Å². The molecule has 0 spiro atoms. The zero-order valence-corrected chi connectivity index (χ0v) is 11.9. The fraction of sp³-hybridized carbons (Fsp3) is 0.400. The monoisotopic (exact) mass is 290 g/mol. The molecule has 6 nitrogen and oxygen atoms in total.